The van der Waals surface area contributed by atoms with E-state index in [0.29, 0.717) is 6.42 Å². The number of halogens is 2. The number of carbonyl (C=O) groups is 1. The Morgan fingerprint density at radius 3 is 2.74 bits per heavy atom. The Labute approximate surface area is 147 Å². The number of carbonyl (C=O) groups excluding carboxylic acids is 1. The molecule has 1 heterocycles. The van der Waals surface area contributed by atoms with Crippen molar-refractivity contribution in [1.29, 1.82) is 0 Å². The maximum absolute atomic E-state index is 12.6. The zero-order valence-corrected chi connectivity index (χ0v) is 15.2. The lowest BCUT2D eigenvalue weighted by atomic mass is 9.97. The molecule has 1 saturated heterocycles. The van der Waals surface area contributed by atoms with E-state index >= 15 is 0 Å². The summed E-state index contributed by atoms with van der Waals surface area (Å²) in [6.45, 7) is 3.47. The van der Waals surface area contributed by atoms with Gasteiger partial charge < -0.3 is 10.1 Å². The van der Waals surface area contributed by atoms with Gasteiger partial charge in [0.1, 0.15) is 0 Å². The number of benzene rings is 1. The highest BCUT2D eigenvalue weighted by Crippen LogP contribution is 2.23. The standard InChI is InChI=1S/C14H19ClN2O4S.ClH/c1-9-8-16-6-5-12(9)17-22(19,20)13-4-3-10(15)7-11(13)14(18)21-2;/h3-4,7,9,12,16-17H,5-6,8H2,1-2H3;1H. The molecule has 6 nitrogen and oxygen atoms in total. The van der Waals surface area contributed by atoms with E-state index in [1.165, 1.54) is 25.3 Å². The van der Waals surface area contributed by atoms with Crippen LogP contribution in [0.3, 0.4) is 0 Å². The van der Waals surface area contributed by atoms with Gasteiger partial charge in [-0.3, -0.25) is 0 Å². The second-order valence-electron chi connectivity index (χ2n) is 5.33. The molecular formula is C14H20Cl2N2O4S. The molecule has 2 rings (SSSR count). The fraction of sp³-hybridized carbons (Fsp3) is 0.500. The summed E-state index contributed by atoms with van der Waals surface area (Å²) in [6.07, 6.45) is 0.696. The topological polar surface area (TPSA) is 84.5 Å². The smallest absolute Gasteiger partial charge is 0.339 e. The van der Waals surface area contributed by atoms with E-state index in [2.05, 4.69) is 14.8 Å². The van der Waals surface area contributed by atoms with Crippen molar-refractivity contribution in [2.75, 3.05) is 20.2 Å². The normalized spacial score (nSPS) is 21.3. The highest BCUT2D eigenvalue weighted by atomic mass is 35.5. The summed E-state index contributed by atoms with van der Waals surface area (Å²) in [5, 5.41) is 3.48. The molecule has 130 valence electrons. The molecule has 0 spiro atoms. The lowest BCUT2D eigenvalue weighted by Gasteiger charge is -2.30. The first-order valence-electron chi connectivity index (χ1n) is 6.96. The van der Waals surface area contributed by atoms with Gasteiger partial charge in [0, 0.05) is 11.1 Å². The number of sulfonamides is 1. The van der Waals surface area contributed by atoms with Crippen LogP contribution in [0, 0.1) is 5.92 Å². The molecule has 1 aliphatic heterocycles. The highest BCUT2D eigenvalue weighted by molar-refractivity contribution is 7.89. The molecule has 0 aromatic heterocycles. The minimum atomic E-state index is -3.83. The molecule has 0 radical (unpaired) electrons. The predicted molar refractivity (Wildman–Crippen MR) is 90.8 cm³/mol. The minimum absolute atomic E-state index is 0. The van der Waals surface area contributed by atoms with Crippen molar-refractivity contribution in [2.24, 2.45) is 5.92 Å². The largest absolute Gasteiger partial charge is 0.465 e. The zero-order chi connectivity index (χ0) is 16.3. The second kappa shape index (κ2) is 8.30. The number of esters is 1. The maximum Gasteiger partial charge on any atom is 0.339 e. The van der Waals surface area contributed by atoms with Gasteiger partial charge in [-0.2, -0.15) is 0 Å². The fourth-order valence-electron chi connectivity index (χ4n) is 2.46. The number of hydrogen-bond donors (Lipinski definition) is 2. The van der Waals surface area contributed by atoms with Gasteiger partial charge >= 0.3 is 5.97 Å². The summed E-state index contributed by atoms with van der Waals surface area (Å²) in [7, 11) is -2.64. The first-order valence-corrected chi connectivity index (χ1v) is 8.82. The summed E-state index contributed by atoms with van der Waals surface area (Å²) in [4.78, 5) is 11.7. The Hall–Kier alpha value is -0.860. The van der Waals surface area contributed by atoms with Crippen LogP contribution in [0.25, 0.3) is 0 Å². The fourth-order valence-corrected chi connectivity index (χ4v) is 4.18. The highest BCUT2D eigenvalue weighted by Gasteiger charge is 2.29. The Morgan fingerprint density at radius 1 is 1.43 bits per heavy atom. The average molecular weight is 383 g/mol. The van der Waals surface area contributed by atoms with Crippen molar-refractivity contribution in [3.63, 3.8) is 0 Å². The van der Waals surface area contributed by atoms with E-state index in [1.807, 2.05) is 6.92 Å². The Kier molecular flexibility index (Phi) is 7.29. The summed E-state index contributed by atoms with van der Waals surface area (Å²) in [5.41, 5.74) is -0.0657. The molecule has 1 aromatic carbocycles. The van der Waals surface area contributed by atoms with Crippen LogP contribution in [0.4, 0.5) is 0 Å². The molecule has 1 aromatic rings. The van der Waals surface area contributed by atoms with Gasteiger partial charge in [0.15, 0.2) is 0 Å². The van der Waals surface area contributed by atoms with Crippen molar-refractivity contribution in [1.82, 2.24) is 10.0 Å². The summed E-state index contributed by atoms with van der Waals surface area (Å²) < 4.78 is 32.6. The second-order valence-corrected chi connectivity index (χ2v) is 7.45. The van der Waals surface area contributed by atoms with E-state index in [1.54, 1.807) is 0 Å². The number of nitrogens with one attached hydrogen (secondary N) is 2. The third-order valence-corrected chi connectivity index (χ3v) is 5.51. The summed E-state index contributed by atoms with van der Waals surface area (Å²) in [5.74, 6) is -0.571. The van der Waals surface area contributed by atoms with E-state index in [9.17, 15) is 13.2 Å². The average Bonchev–Trinajstić information content (AvgIpc) is 2.48. The number of hydrogen-bond acceptors (Lipinski definition) is 5. The van der Waals surface area contributed by atoms with Gasteiger partial charge in [0.2, 0.25) is 10.0 Å². The Bertz CT molecular complexity index is 667. The van der Waals surface area contributed by atoms with Crippen LogP contribution in [0.5, 0.6) is 0 Å². The molecule has 0 saturated carbocycles. The summed E-state index contributed by atoms with van der Waals surface area (Å²) >= 11 is 5.85. The van der Waals surface area contributed by atoms with Gasteiger partial charge in [-0.25, -0.2) is 17.9 Å². The molecule has 0 aliphatic carbocycles. The molecule has 1 fully saturated rings. The van der Waals surface area contributed by atoms with Crippen molar-refractivity contribution in [2.45, 2.75) is 24.3 Å². The molecule has 0 bridgehead atoms. The molecule has 9 heteroatoms. The Balaban J connectivity index is 0.00000264. The Morgan fingerprint density at radius 2 is 2.13 bits per heavy atom. The van der Waals surface area contributed by atoms with Gasteiger partial charge in [-0.1, -0.05) is 18.5 Å². The molecule has 2 atom stereocenters. The number of rotatable bonds is 4. The number of ether oxygens (including phenoxy) is 1. The lowest BCUT2D eigenvalue weighted by Crippen LogP contribution is -2.48. The van der Waals surface area contributed by atoms with Crippen molar-refractivity contribution < 1.29 is 17.9 Å². The van der Waals surface area contributed by atoms with E-state index in [4.69, 9.17) is 11.6 Å². The van der Waals surface area contributed by atoms with Crippen LogP contribution in [0.15, 0.2) is 23.1 Å². The minimum Gasteiger partial charge on any atom is -0.465 e. The summed E-state index contributed by atoms with van der Waals surface area (Å²) in [6, 6.07) is 3.89. The molecule has 1 aliphatic rings. The SMILES string of the molecule is COC(=O)c1cc(Cl)ccc1S(=O)(=O)NC1CCNCC1C.Cl. The first-order chi connectivity index (χ1) is 10.3. The molecule has 2 unspecified atom stereocenters. The van der Waals surface area contributed by atoms with Gasteiger partial charge in [0.25, 0.3) is 0 Å². The molecule has 2 N–H and O–H groups in total. The number of methoxy groups -OCH3 is 1. The van der Waals surface area contributed by atoms with Crippen LogP contribution in [0.1, 0.15) is 23.7 Å². The predicted octanol–water partition coefficient (Wildman–Crippen LogP) is 1.82. The van der Waals surface area contributed by atoms with E-state index in [0.717, 1.165) is 13.1 Å². The van der Waals surface area contributed by atoms with Gasteiger partial charge in [-0.05, 0) is 43.6 Å². The van der Waals surface area contributed by atoms with Crippen molar-refractivity contribution in [3.8, 4) is 0 Å². The van der Waals surface area contributed by atoms with Gasteiger partial charge in [0.05, 0.1) is 17.6 Å². The van der Waals surface area contributed by atoms with Gasteiger partial charge in [-0.15, -0.1) is 12.4 Å². The maximum atomic E-state index is 12.6. The molecule has 23 heavy (non-hydrogen) atoms. The third-order valence-electron chi connectivity index (χ3n) is 3.73. The zero-order valence-electron chi connectivity index (χ0n) is 12.8. The van der Waals surface area contributed by atoms with Crippen LogP contribution >= 0.6 is 24.0 Å². The molecular weight excluding hydrogens is 363 g/mol. The van der Waals surface area contributed by atoms with Crippen LogP contribution < -0.4 is 10.0 Å². The number of piperidine rings is 1. The lowest BCUT2D eigenvalue weighted by molar-refractivity contribution is 0.0596. The third kappa shape index (κ3) is 4.81. The van der Waals surface area contributed by atoms with E-state index in [-0.39, 0.29) is 39.8 Å². The quantitative estimate of drug-likeness (QED) is 0.775. The van der Waals surface area contributed by atoms with Crippen LogP contribution in [0.2, 0.25) is 5.02 Å². The van der Waals surface area contributed by atoms with Crippen LogP contribution in [-0.4, -0.2) is 40.6 Å². The monoisotopic (exact) mass is 382 g/mol. The van der Waals surface area contributed by atoms with Crippen LogP contribution in [-0.2, 0) is 14.8 Å². The van der Waals surface area contributed by atoms with E-state index < -0.39 is 16.0 Å². The molecule has 0 amide bonds. The van der Waals surface area contributed by atoms with Crippen molar-refractivity contribution in [3.05, 3.63) is 28.8 Å². The first kappa shape index (κ1) is 20.2. The van der Waals surface area contributed by atoms with Crippen molar-refractivity contribution >= 4 is 40.0 Å².